The van der Waals surface area contributed by atoms with Crippen LogP contribution in [-0.4, -0.2) is 51.8 Å². The number of primary amides is 1. The van der Waals surface area contributed by atoms with Crippen molar-refractivity contribution in [3.05, 3.63) is 34.3 Å². The number of aromatic nitrogens is 2. The molecule has 1 aromatic heterocycles. The molecule has 0 spiro atoms. The Bertz CT molecular complexity index is 1070. The molecule has 10 nitrogen and oxygen atoms in total. The Kier molecular flexibility index (Phi) is 8.11. The average molecular weight is 508 g/mol. The maximum absolute atomic E-state index is 12.3. The second-order valence-electron chi connectivity index (χ2n) is 8.90. The number of nitrogen functional groups attached to an aromatic ring is 1. The molecule has 1 fully saturated rings. The molecule has 0 unspecified atom stereocenters. The van der Waals surface area contributed by atoms with Gasteiger partial charge in [0.15, 0.2) is 11.0 Å². The molecule has 34 heavy (non-hydrogen) atoms. The van der Waals surface area contributed by atoms with Crippen LogP contribution in [0.25, 0.3) is 0 Å². The Balaban J connectivity index is 1.75. The molecule has 1 aliphatic rings. The zero-order valence-electron chi connectivity index (χ0n) is 19.6. The molecule has 0 aliphatic carbocycles. The lowest BCUT2D eigenvalue weighted by atomic mass is 9.89. The van der Waals surface area contributed by atoms with E-state index in [-0.39, 0.29) is 29.2 Å². The number of hydrazine groups is 1. The quantitative estimate of drug-likeness (QED) is 0.196. The third-order valence-corrected chi connectivity index (χ3v) is 6.18. The van der Waals surface area contributed by atoms with Gasteiger partial charge in [-0.1, -0.05) is 29.4 Å². The van der Waals surface area contributed by atoms with Gasteiger partial charge in [-0.25, -0.2) is 20.6 Å². The largest absolute Gasteiger partial charge is 0.444 e. The lowest BCUT2D eigenvalue weighted by Gasteiger charge is -2.33. The molecule has 6 N–H and O–H groups in total. The second kappa shape index (κ2) is 10.7. The number of anilines is 3. The van der Waals surface area contributed by atoms with Gasteiger partial charge in [0.25, 0.3) is 5.91 Å². The van der Waals surface area contributed by atoms with Gasteiger partial charge in [-0.05, 0) is 63.5 Å². The van der Waals surface area contributed by atoms with E-state index < -0.39 is 11.5 Å². The molecule has 2 heterocycles. The Morgan fingerprint density at radius 1 is 1.21 bits per heavy atom. The summed E-state index contributed by atoms with van der Waals surface area (Å²) in [5, 5.41) is 3.96. The van der Waals surface area contributed by atoms with Crippen molar-refractivity contribution in [3.8, 4) is 0 Å². The van der Waals surface area contributed by atoms with Gasteiger partial charge in [0, 0.05) is 13.1 Å². The molecule has 184 valence electrons. The topological polar surface area (TPSA) is 148 Å². The number of carbonyl (C=O) groups excluding carboxylic acids is 2. The zero-order chi connectivity index (χ0) is 25.0. The van der Waals surface area contributed by atoms with Gasteiger partial charge in [0.2, 0.25) is 0 Å². The van der Waals surface area contributed by atoms with Gasteiger partial charge in [-0.3, -0.25) is 4.79 Å². The Morgan fingerprint density at radius 3 is 2.38 bits per heavy atom. The summed E-state index contributed by atoms with van der Waals surface area (Å²) < 4.78 is 5.47. The van der Waals surface area contributed by atoms with Crippen molar-refractivity contribution in [1.82, 2.24) is 14.9 Å². The van der Waals surface area contributed by atoms with E-state index in [1.165, 1.54) is 11.8 Å². The van der Waals surface area contributed by atoms with Gasteiger partial charge in [0.1, 0.15) is 17.0 Å². The van der Waals surface area contributed by atoms with Crippen LogP contribution in [0.15, 0.2) is 23.4 Å². The SMILES string of the molecule is CSc1nc(NN)c(C(N)=O)c(Nc2ccc(C3CCN(C(=O)OC(C)(C)C)CC3)cc2Cl)n1. The van der Waals surface area contributed by atoms with Crippen molar-refractivity contribution in [3.63, 3.8) is 0 Å². The minimum Gasteiger partial charge on any atom is -0.444 e. The molecule has 1 aromatic carbocycles. The third kappa shape index (κ3) is 6.22. The number of carbonyl (C=O) groups is 2. The van der Waals surface area contributed by atoms with Crippen LogP contribution in [0.5, 0.6) is 0 Å². The normalized spacial score (nSPS) is 14.6. The minimum atomic E-state index is -0.729. The van der Waals surface area contributed by atoms with Gasteiger partial charge in [-0.2, -0.15) is 0 Å². The van der Waals surface area contributed by atoms with E-state index in [1.54, 1.807) is 11.2 Å². The van der Waals surface area contributed by atoms with Gasteiger partial charge in [0.05, 0.1) is 10.7 Å². The maximum Gasteiger partial charge on any atom is 0.410 e. The molecule has 0 bridgehead atoms. The molecule has 2 amide bonds. The molecule has 2 aromatic rings. The van der Waals surface area contributed by atoms with Crippen LogP contribution in [0.1, 0.15) is 55.5 Å². The fraction of sp³-hybridized carbons (Fsp3) is 0.455. The predicted octanol–water partition coefficient (Wildman–Crippen LogP) is 4.09. The van der Waals surface area contributed by atoms with E-state index in [0.29, 0.717) is 29.0 Å². The predicted molar refractivity (Wildman–Crippen MR) is 135 cm³/mol. The van der Waals surface area contributed by atoms with Crippen LogP contribution < -0.4 is 22.3 Å². The molecule has 0 radical (unpaired) electrons. The zero-order valence-corrected chi connectivity index (χ0v) is 21.2. The van der Waals surface area contributed by atoms with Crippen molar-refractivity contribution in [2.24, 2.45) is 11.6 Å². The number of nitrogens with zero attached hydrogens (tertiary/aromatic N) is 3. The van der Waals surface area contributed by atoms with Crippen molar-refractivity contribution < 1.29 is 14.3 Å². The number of hydrogen-bond donors (Lipinski definition) is 4. The molecular formula is C22H30ClN7O3S. The summed E-state index contributed by atoms with van der Waals surface area (Å²) in [6.45, 7) is 6.81. The molecular weight excluding hydrogens is 478 g/mol. The standard InChI is InChI=1S/C22H30ClN7O3S/c1-22(2,3)33-21(32)30-9-7-12(8-10-30)13-5-6-15(14(23)11-13)26-18-16(17(24)31)19(29-25)28-20(27-18)34-4/h5-6,11-12H,7-10,25H2,1-4H3,(H2,24,31)(H2,26,27,28,29). The smallest absolute Gasteiger partial charge is 0.410 e. The summed E-state index contributed by atoms with van der Waals surface area (Å²) in [5.41, 5.74) is 9.09. The second-order valence-corrected chi connectivity index (χ2v) is 10.1. The first kappa shape index (κ1) is 25.9. The minimum absolute atomic E-state index is 0.0370. The van der Waals surface area contributed by atoms with Crippen LogP contribution in [0.3, 0.4) is 0 Å². The van der Waals surface area contributed by atoms with E-state index in [2.05, 4.69) is 20.7 Å². The summed E-state index contributed by atoms with van der Waals surface area (Å²) >= 11 is 7.87. The molecule has 12 heteroatoms. The van der Waals surface area contributed by atoms with E-state index >= 15 is 0 Å². The first-order valence-corrected chi connectivity index (χ1v) is 12.4. The fourth-order valence-corrected chi connectivity index (χ4v) is 4.30. The van der Waals surface area contributed by atoms with Gasteiger partial charge >= 0.3 is 6.09 Å². The lowest BCUT2D eigenvalue weighted by molar-refractivity contribution is 0.0204. The average Bonchev–Trinajstić information content (AvgIpc) is 2.78. The number of thioether (sulfide) groups is 1. The maximum atomic E-state index is 12.3. The Morgan fingerprint density at radius 2 is 1.85 bits per heavy atom. The van der Waals surface area contributed by atoms with E-state index in [4.69, 9.17) is 27.9 Å². The molecule has 0 saturated carbocycles. The summed E-state index contributed by atoms with van der Waals surface area (Å²) in [6, 6.07) is 5.70. The van der Waals surface area contributed by atoms with E-state index in [0.717, 1.165) is 18.4 Å². The first-order chi connectivity index (χ1) is 16.0. The molecule has 1 saturated heterocycles. The number of halogens is 1. The Hall–Kier alpha value is -2.76. The van der Waals surface area contributed by atoms with Gasteiger partial charge < -0.3 is 26.1 Å². The highest BCUT2D eigenvalue weighted by Crippen LogP contribution is 2.35. The van der Waals surface area contributed by atoms with E-state index in [1.807, 2.05) is 39.0 Å². The van der Waals surface area contributed by atoms with Crippen molar-refractivity contribution in [2.75, 3.05) is 30.1 Å². The van der Waals surface area contributed by atoms with Crippen molar-refractivity contribution >= 4 is 52.7 Å². The Labute approximate surface area is 208 Å². The summed E-state index contributed by atoms with van der Waals surface area (Å²) in [4.78, 5) is 34.6. The molecule has 1 aliphatic heterocycles. The lowest BCUT2D eigenvalue weighted by Crippen LogP contribution is -2.41. The van der Waals surface area contributed by atoms with Crippen LogP contribution in [0.2, 0.25) is 5.02 Å². The van der Waals surface area contributed by atoms with Gasteiger partial charge in [-0.15, -0.1) is 0 Å². The number of amides is 2. The highest BCUT2D eigenvalue weighted by Gasteiger charge is 2.28. The number of hydrogen-bond acceptors (Lipinski definition) is 9. The summed E-state index contributed by atoms with van der Waals surface area (Å²) in [5.74, 6) is 5.39. The number of nitrogens with one attached hydrogen (secondary N) is 2. The van der Waals surface area contributed by atoms with Crippen molar-refractivity contribution in [2.45, 2.75) is 50.3 Å². The van der Waals surface area contributed by atoms with Crippen LogP contribution in [0, 0.1) is 0 Å². The van der Waals surface area contributed by atoms with Crippen LogP contribution in [0.4, 0.5) is 22.1 Å². The molecule has 3 rings (SSSR count). The van der Waals surface area contributed by atoms with Crippen molar-refractivity contribution in [1.29, 1.82) is 0 Å². The van der Waals surface area contributed by atoms with Crippen LogP contribution >= 0.6 is 23.4 Å². The number of rotatable bonds is 6. The fourth-order valence-electron chi connectivity index (χ4n) is 3.70. The number of nitrogens with two attached hydrogens (primary N) is 2. The highest BCUT2D eigenvalue weighted by atomic mass is 35.5. The molecule has 0 atom stereocenters. The van der Waals surface area contributed by atoms with Crippen LogP contribution in [-0.2, 0) is 4.74 Å². The summed E-state index contributed by atoms with van der Waals surface area (Å²) in [6.07, 6.45) is 3.14. The first-order valence-electron chi connectivity index (χ1n) is 10.8. The van der Waals surface area contributed by atoms with E-state index in [9.17, 15) is 9.59 Å². The summed E-state index contributed by atoms with van der Waals surface area (Å²) in [7, 11) is 0. The number of likely N-dealkylation sites (tertiary alicyclic amines) is 1. The number of ether oxygens (including phenoxy) is 1. The number of piperidine rings is 1. The third-order valence-electron chi connectivity index (χ3n) is 5.32. The number of benzene rings is 1. The highest BCUT2D eigenvalue weighted by molar-refractivity contribution is 7.98. The monoisotopic (exact) mass is 507 g/mol.